The Kier molecular flexibility index (Phi) is 4.48. The van der Waals surface area contributed by atoms with Crippen LogP contribution >= 0.6 is 15.9 Å². The standard InChI is InChI=1S/C22H15BrN6O/c1-2-10-28-13-24-20-18(22(28)30)19-21(27-17-9-4-3-8-16(17)26-19)29(20)25-12-14-6-5-7-15(23)11-14/h2-9,11-13H,1,10H2/b25-12-. The molecule has 0 aliphatic carbocycles. The zero-order valence-electron chi connectivity index (χ0n) is 15.7. The number of para-hydroxylation sites is 2. The summed E-state index contributed by atoms with van der Waals surface area (Å²) in [6.07, 6.45) is 4.86. The lowest BCUT2D eigenvalue weighted by Gasteiger charge is -2.02. The summed E-state index contributed by atoms with van der Waals surface area (Å²) < 4.78 is 4.02. The van der Waals surface area contributed by atoms with Crippen LogP contribution in [0.5, 0.6) is 0 Å². The summed E-state index contributed by atoms with van der Waals surface area (Å²) in [5, 5.41) is 4.98. The Bertz CT molecular complexity index is 1530. The van der Waals surface area contributed by atoms with Crippen LogP contribution in [0.25, 0.3) is 33.2 Å². The molecule has 2 aromatic carbocycles. The molecular weight excluding hydrogens is 444 g/mol. The molecule has 3 heterocycles. The smallest absolute Gasteiger partial charge is 0.265 e. The highest BCUT2D eigenvalue weighted by molar-refractivity contribution is 9.10. The van der Waals surface area contributed by atoms with E-state index in [0.717, 1.165) is 15.6 Å². The molecule has 5 rings (SSSR count). The SMILES string of the molecule is C=CCn1cnc2c(c1=O)c1nc3ccccc3nc1n2/N=C\c1cccc(Br)c1. The highest BCUT2D eigenvalue weighted by atomic mass is 79.9. The average Bonchev–Trinajstić information content (AvgIpc) is 3.06. The number of hydrogen-bond acceptors (Lipinski definition) is 5. The van der Waals surface area contributed by atoms with E-state index in [0.29, 0.717) is 34.3 Å². The average molecular weight is 459 g/mol. The van der Waals surface area contributed by atoms with Gasteiger partial charge in [0.2, 0.25) is 0 Å². The number of aromatic nitrogens is 5. The number of halogens is 1. The maximum absolute atomic E-state index is 13.1. The quantitative estimate of drug-likeness (QED) is 0.299. The van der Waals surface area contributed by atoms with E-state index in [-0.39, 0.29) is 5.56 Å². The van der Waals surface area contributed by atoms with Gasteiger partial charge in [0.25, 0.3) is 5.56 Å². The second-order valence-corrected chi connectivity index (χ2v) is 7.60. The number of fused-ring (bicyclic) bond motifs is 4. The Balaban J connectivity index is 1.85. The van der Waals surface area contributed by atoms with E-state index in [4.69, 9.17) is 9.97 Å². The van der Waals surface area contributed by atoms with E-state index >= 15 is 0 Å². The number of hydrogen-bond donors (Lipinski definition) is 0. The summed E-state index contributed by atoms with van der Waals surface area (Å²) in [5.74, 6) is 0. The maximum Gasteiger partial charge on any atom is 0.265 e. The fourth-order valence-corrected chi connectivity index (χ4v) is 3.76. The van der Waals surface area contributed by atoms with Gasteiger partial charge in [-0.25, -0.2) is 15.0 Å². The van der Waals surface area contributed by atoms with Crippen molar-refractivity contribution in [2.75, 3.05) is 0 Å². The fourth-order valence-electron chi connectivity index (χ4n) is 3.34. The molecule has 5 aromatic rings. The van der Waals surface area contributed by atoms with E-state index in [1.54, 1.807) is 17.0 Å². The molecule has 0 aliphatic rings. The molecule has 0 aliphatic heterocycles. The lowest BCUT2D eigenvalue weighted by molar-refractivity contribution is 0.763. The first-order valence-electron chi connectivity index (χ1n) is 9.23. The van der Waals surface area contributed by atoms with Crippen LogP contribution in [0.3, 0.4) is 0 Å². The molecule has 0 saturated carbocycles. The van der Waals surface area contributed by atoms with E-state index in [9.17, 15) is 4.79 Å². The van der Waals surface area contributed by atoms with Crippen LogP contribution in [0.2, 0.25) is 0 Å². The van der Waals surface area contributed by atoms with Gasteiger partial charge in [0.1, 0.15) is 17.2 Å². The maximum atomic E-state index is 13.1. The number of benzene rings is 2. The number of allylic oxidation sites excluding steroid dienone is 1. The van der Waals surface area contributed by atoms with Crippen molar-refractivity contribution in [3.05, 3.63) is 87.9 Å². The van der Waals surface area contributed by atoms with Gasteiger partial charge in [-0.2, -0.15) is 9.78 Å². The van der Waals surface area contributed by atoms with Crippen LogP contribution in [-0.4, -0.2) is 30.4 Å². The summed E-state index contributed by atoms with van der Waals surface area (Å²) in [6.45, 7) is 4.07. The lowest BCUT2D eigenvalue weighted by atomic mass is 10.2. The molecule has 3 aromatic heterocycles. The largest absolute Gasteiger partial charge is 0.295 e. The summed E-state index contributed by atoms with van der Waals surface area (Å²) in [7, 11) is 0. The molecule has 0 spiro atoms. The molecular formula is C22H15BrN6O. The Hall–Kier alpha value is -3.65. The first-order chi connectivity index (χ1) is 14.7. The molecule has 0 unspecified atom stereocenters. The summed E-state index contributed by atoms with van der Waals surface area (Å²) >= 11 is 3.46. The third-order valence-electron chi connectivity index (χ3n) is 4.70. The van der Waals surface area contributed by atoms with Crippen LogP contribution in [-0.2, 0) is 6.54 Å². The third kappa shape index (κ3) is 3.02. The molecule has 0 atom stereocenters. The van der Waals surface area contributed by atoms with Gasteiger partial charge in [-0.3, -0.25) is 9.36 Å². The summed E-state index contributed by atoms with van der Waals surface area (Å²) in [4.78, 5) is 27.1. The first kappa shape index (κ1) is 18.4. The van der Waals surface area contributed by atoms with E-state index < -0.39 is 0 Å². The molecule has 0 amide bonds. The molecule has 30 heavy (non-hydrogen) atoms. The Morgan fingerprint density at radius 2 is 1.87 bits per heavy atom. The van der Waals surface area contributed by atoms with Crippen molar-refractivity contribution in [3.8, 4) is 0 Å². The van der Waals surface area contributed by atoms with Crippen molar-refractivity contribution in [1.29, 1.82) is 0 Å². The molecule has 0 bridgehead atoms. The van der Waals surface area contributed by atoms with Gasteiger partial charge in [-0.15, -0.1) is 6.58 Å². The fraction of sp³-hybridized carbons (Fsp3) is 0.0455. The topological polar surface area (TPSA) is 78.0 Å². The predicted molar refractivity (Wildman–Crippen MR) is 122 cm³/mol. The van der Waals surface area contributed by atoms with Crippen molar-refractivity contribution in [3.63, 3.8) is 0 Å². The monoisotopic (exact) mass is 458 g/mol. The van der Waals surface area contributed by atoms with Gasteiger partial charge >= 0.3 is 0 Å². The second-order valence-electron chi connectivity index (χ2n) is 6.69. The van der Waals surface area contributed by atoms with Gasteiger partial charge in [0.05, 0.1) is 17.2 Å². The van der Waals surface area contributed by atoms with Crippen molar-refractivity contribution in [1.82, 2.24) is 24.2 Å². The Morgan fingerprint density at radius 1 is 1.07 bits per heavy atom. The predicted octanol–water partition coefficient (Wildman–Crippen LogP) is 4.13. The van der Waals surface area contributed by atoms with Crippen LogP contribution in [0.1, 0.15) is 5.56 Å². The van der Waals surface area contributed by atoms with Gasteiger partial charge < -0.3 is 0 Å². The molecule has 0 saturated heterocycles. The summed E-state index contributed by atoms with van der Waals surface area (Å²) in [5.41, 5.74) is 3.49. The highest BCUT2D eigenvalue weighted by Gasteiger charge is 2.19. The van der Waals surface area contributed by atoms with Crippen LogP contribution in [0.15, 0.2) is 81.9 Å². The Labute approximate surface area is 179 Å². The highest BCUT2D eigenvalue weighted by Crippen LogP contribution is 2.25. The van der Waals surface area contributed by atoms with Gasteiger partial charge in [-0.05, 0) is 29.8 Å². The van der Waals surface area contributed by atoms with Crippen molar-refractivity contribution in [2.24, 2.45) is 5.10 Å². The van der Waals surface area contributed by atoms with E-state index in [2.05, 4.69) is 32.6 Å². The normalized spacial score (nSPS) is 11.8. The lowest BCUT2D eigenvalue weighted by Crippen LogP contribution is -2.19. The van der Waals surface area contributed by atoms with Crippen molar-refractivity contribution >= 4 is 55.4 Å². The zero-order chi connectivity index (χ0) is 20.7. The van der Waals surface area contributed by atoms with E-state index in [1.807, 2.05) is 48.5 Å². The van der Waals surface area contributed by atoms with Crippen LogP contribution in [0.4, 0.5) is 0 Å². The summed E-state index contributed by atoms with van der Waals surface area (Å²) in [6, 6.07) is 15.3. The van der Waals surface area contributed by atoms with Gasteiger partial charge in [0, 0.05) is 11.0 Å². The van der Waals surface area contributed by atoms with Crippen molar-refractivity contribution in [2.45, 2.75) is 6.54 Å². The molecule has 8 heteroatoms. The molecule has 7 nitrogen and oxygen atoms in total. The minimum Gasteiger partial charge on any atom is -0.295 e. The van der Waals surface area contributed by atoms with Crippen molar-refractivity contribution < 1.29 is 0 Å². The Morgan fingerprint density at radius 3 is 2.63 bits per heavy atom. The molecule has 0 fully saturated rings. The van der Waals surface area contributed by atoms with Gasteiger partial charge in [0.15, 0.2) is 11.3 Å². The van der Waals surface area contributed by atoms with Crippen LogP contribution in [0, 0.1) is 0 Å². The number of rotatable bonds is 4. The minimum absolute atomic E-state index is 0.203. The van der Waals surface area contributed by atoms with E-state index in [1.165, 1.54) is 10.9 Å². The zero-order valence-corrected chi connectivity index (χ0v) is 17.3. The third-order valence-corrected chi connectivity index (χ3v) is 5.20. The van der Waals surface area contributed by atoms with Crippen LogP contribution < -0.4 is 5.56 Å². The molecule has 0 radical (unpaired) electrons. The minimum atomic E-state index is -0.203. The molecule has 0 N–H and O–H groups in total. The van der Waals surface area contributed by atoms with Gasteiger partial charge in [-0.1, -0.05) is 46.3 Å². The first-order valence-corrected chi connectivity index (χ1v) is 10.0. The second kappa shape index (κ2) is 7.31. The number of nitrogens with zero attached hydrogens (tertiary/aromatic N) is 6. The molecule has 146 valence electrons.